The molecule has 1 saturated carbocycles. The van der Waals surface area contributed by atoms with Crippen molar-refractivity contribution in [3.8, 4) is 16.5 Å². The summed E-state index contributed by atoms with van der Waals surface area (Å²) in [6.45, 7) is 0.544. The zero-order valence-electron chi connectivity index (χ0n) is 12.9. The van der Waals surface area contributed by atoms with E-state index in [4.69, 9.17) is 4.74 Å². The quantitative estimate of drug-likeness (QED) is 0.454. The number of hydrogen-bond acceptors (Lipinski definition) is 5. The predicted molar refractivity (Wildman–Crippen MR) is 94.2 cm³/mol. The molecule has 1 aromatic carbocycles. The summed E-state index contributed by atoms with van der Waals surface area (Å²) in [5.41, 5.74) is 0. The van der Waals surface area contributed by atoms with Gasteiger partial charge in [-0.2, -0.15) is 0 Å². The summed E-state index contributed by atoms with van der Waals surface area (Å²) in [4.78, 5) is 1.16. The molecule has 0 amide bonds. The number of benzene rings is 1. The maximum Gasteiger partial charge on any atom is 0.191 e. The minimum Gasteiger partial charge on any atom is -0.493 e. The van der Waals surface area contributed by atoms with Crippen molar-refractivity contribution >= 4 is 23.1 Å². The third kappa shape index (κ3) is 3.47. The monoisotopic (exact) mass is 361 g/mol. The Morgan fingerprint density at radius 1 is 1.21 bits per heavy atom. The molecule has 4 rings (SSSR count). The van der Waals surface area contributed by atoms with Gasteiger partial charge in [-0.05, 0) is 48.6 Å². The van der Waals surface area contributed by atoms with Gasteiger partial charge in [-0.1, -0.05) is 17.8 Å². The van der Waals surface area contributed by atoms with E-state index in [0.717, 1.165) is 21.6 Å². The van der Waals surface area contributed by atoms with Gasteiger partial charge in [0.05, 0.1) is 11.5 Å². The lowest BCUT2D eigenvalue weighted by Crippen LogP contribution is -2.03. The number of thiophene rings is 1. The van der Waals surface area contributed by atoms with Crippen molar-refractivity contribution in [3.63, 3.8) is 0 Å². The number of aromatic nitrogens is 3. The molecule has 124 valence electrons. The Balaban J connectivity index is 1.39. The van der Waals surface area contributed by atoms with E-state index in [0.29, 0.717) is 18.4 Å². The zero-order valence-corrected chi connectivity index (χ0v) is 14.5. The first-order chi connectivity index (χ1) is 11.8. The topological polar surface area (TPSA) is 39.9 Å². The van der Waals surface area contributed by atoms with Crippen molar-refractivity contribution in [2.45, 2.75) is 24.0 Å². The van der Waals surface area contributed by atoms with Crippen molar-refractivity contribution in [2.24, 2.45) is 0 Å². The van der Waals surface area contributed by atoms with Gasteiger partial charge in [0, 0.05) is 11.8 Å². The summed E-state index contributed by atoms with van der Waals surface area (Å²) in [7, 11) is 0. The largest absolute Gasteiger partial charge is 0.493 e. The highest BCUT2D eigenvalue weighted by molar-refractivity contribution is 7.99. The van der Waals surface area contributed by atoms with Crippen LogP contribution in [0.4, 0.5) is 4.39 Å². The fraction of sp³-hybridized carbons (Fsp3) is 0.294. The Kier molecular flexibility index (Phi) is 4.53. The minimum absolute atomic E-state index is 0.254. The molecule has 2 heterocycles. The van der Waals surface area contributed by atoms with Crippen molar-refractivity contribution in [1.29, 1.82) is 0 Å². The molecule has 1 aliphatic carbocycles. The van der Waals surface area contributed by atoms with Crippen LogP contribution in [0.15, 0.2) is 46.9 Å². The summed E-state index contributed by atoms with van der Waals surface area (Å²) < 4.78 is 20.8. The average Bonchev–Trinajstić information content (AvgIpc) is 3.11. The second-order valence-electron chi connectivity index (χ2n) is 5.54. The lowest BCUT2D eigenvalue weighted by molar-refractivity contribution is 0.343. The van der Waals surface area contributed by atoms with E-state index < -0.39 is 0 Å². The smallest absolute Gasteiger partial charge is 0.191 e. The molecule has 1 aliphatic rings. The highest BCUT2D eigenvalue weighted by Crippen LogP contribution is 2.41. The molecule has 0 N–H and O–H groups in total. The molecule has 2 aromatic heterocycles. The third-order valence-corrected chi connectivity index (χ3v) is 5.49. The number of halogens is 1. The molecular formula is C17H16FN3OS2. The highest BCUT2D eigenvalue weighted by atomic mass is 32.2. The van der Waals surface area contributed by atoms with Crippen LogP contribution in [-0.2, 0) is 0 Å². The molecule has 0 aliphatic heterocycles. The summed E-state index contributed by atoms with van der Waals surface area (Å²) >= 11 is 3.34. The lowest BCUT2D eigenvalue weighted by atomic mass is 10.3. The van der Waals surface area contributed by atoms with Crippen molar-refractivity contribution in [1.82, 2.24) is 14.8 Å². The molecule has 1 fully saturated rings. The van der Waals surface area contributed by atoms with Gasteiger partial charge in [-0.15, -0.1) is 21.5 Å². The number of nitrogens with zero attached hydrogens (tertiary/aromatic N) is 3. The van der Waals surface area contributed by atoms with Gasteiger partial charge in [0.15, 0.2) is 11.0 Å². The van der Waals surface area contributed by atoms with Crippen molar-refractivity contribution in [2.75, 3.05) is 12.4 Å². The molecule has 24 heavy (non-hydrogen) atoms. The Morgan fingerprint density at radius 3 is 2.75 bits per heavy atom. The highest BCUT2D eigenvalue weighted by Gasteiger charge is 2.30. The second-order valence-corrected chi connectivity index (χ2v) is 7.55. The molecule has 7 heteroatoms. The van der Waals surface area contributed by atoms with E-state index in [9.17, 15) is 4.39 Å². The maximum absolute atomic E-state index is 12.9. The van der Waals surface area contributed by atoms with Crippen LogP contribution in [0, 0.1) is 5.82 Å². The van der Waals surface area contributed by atoms with Gasteiger partial charge in [0.25, 0.3) is 0 Å². The standard InChI is InChI=1S/C17H16FN3OS2/c18-12-3-7-14(8-4-12)22-9-11-24-17-20-19-16(15-2-1-10-23-15)21(17)13-5-6-13/h1-4,7-8,10,13H,5-6,9,11H2. The Morgan fingerprint density at radius 2 is 2.04 bits per heavy atom. The van der Waals surface area contributed by atoms with E-state index in [2.05, 4.69) is 26.2 Å². The van der Waals surface area contributed by atoms with Gasteiger partial charge in [-0.25, -0.2) is 4.39 Å². The molecule has 4 nitrogen and oxygen atoms in total. The fourth-order valence-corrected chi connectivity index (χ4v) is 3.96. The molecule has 0 bridgehead atoms. The normalized spacial score (nSPS) is 14.0. The van der Waals surface area contributed by atoms with Crippen LogP contribution < -0.4 is 4.74 Å². The summed E-state index contributed by atoms with van der Waals surface area (Å²) in [6, 6.07) is 10.7. The Bertz CT molecular complexity index is 798. The van der Waals surface area contributed by atoms with Crippen LogP contribution in [0.3, 0.4) is 0 Å². The number of ether oxygens (including phenoxy) is 1. The Hall–Kier alpha value is -1.86. The van der Waals surface area contributed by atoms with Gasteiger partial charge in [-0.3, -0.25) is 4.57 Å². The van der Waals surface area contributed by atoms with Crippen LogP contribution in [-0.4, -0.2) is 27.1 Å². The fourth-order valence-electron chi connectivity index (χ4n) is 2.43. The first kappa shape index (κ1) is 15.7. The second kappa shape index (κ2) is 6.94. The predicted octanol–water partition coefficient (Wildman–Crippen LogP) is 4.65. The van der Waals surface area contributed by atoms with Crippen LogP contribution in [0.5, 0.6) is 5.75 Å². The van der Waals surface area contributed by atoms with Crippen LogP contribution in [0.2, 0.25) is 0 Å². The maximum atomic E-state index is 12.9. The van der Waals surface area contributed by atoms with Crippen LogP contribution in [0.1, 0.15) is 18.9 Å². The van der Waals surface area contributed by atoms with E-state index in [1.165, 1.54) is 25.0 Å². The number of hydrogen-bond donors (Lipinski definition) is 0. The van der Waals surface area contributed by atoms with Gasteiger partial charge < -0.3 is 4.74 Å². The molecular weight excluding hydrogens is 345 g/mol. The number of thioether (sulfide) groups is 1. The van der Waals surface area contributed by atoms with E-state index >= 15 is 0 Å². The van der Waals surface area contributed by atoms with Gasteiger partial charge in [0.2, 0.25) is 0 Å². The van der Waals surface area contributed by atoms with Gasteiger partial charge >= 0.3 is 0 Å². The zero-order chi connectivity index (χ0) is 16.4. The average molecular weight is 361 g/mol. The number of rotatable bonds is 7. The molecule has 0 atom stereocenters. The summed E-state index contributed by atoms with van der Waals surface area (Å²) in [5.74, 6) is 2.16. The first-order valence-corrected chi connectivity index (χ1v) is 9.68. The summed E-state index contributed by atoms with van der Waals surface area (Å²) in [6.07, 6.45) is 2.38. The van der Waals surface area contributed by atoms with Crippen LogP contribution >= 0.6 is 23.1 Å². The van der Waals surface area contributed by atoms with Crippen molar-refractivity contribution < 1.29 is 9.13 Å². The molecule has 0 spiro atoms. The molecule has 0 saturated heterocycles. The molecule has 0 radical (unpaired) electrons. The summed E-state index contributed by atoms with van der Waals surface area (Å²) in [5, 5.41) is 11.8. The van der Waals surface area contributed by atoms with Gasteiger partial charge in [0.1, 0.15) is 11.6 Å². The molecule has 3 aromatic rings. The van der Waals surface area contributed by atoms with E-state index in [-0.39, 0.29) is 5.82 Å². The van der Waals surface area contributed by atoms with Crippen molar-refractivity contribution in [3.05, 3.63) is 47.6 Å². The molecule has 0 unspecified atom stereocenters. The lowest BCUT2D eigenvalue weighted by Gasteiger charge is -2.08. The van der Waals surface area contributed by atoms with Crippen LogP contribution in [0.25, 0.3) is 10.7 Å². The Labute approximate surface area is 147 Å². The van der Waals surface area contributed by atoms with E-state index in [1.807, 2.05) is 6.07 Å². The SMILES string of the molecule is Fc1ccc(OCCSc2nnc(-c3cccs3)n2C2CC2)cc1. The van der Waals surface area contributed by atoms with E-state index in [1.54, 1.807) is 35.2 Å². The minimum atomic E-state index is -0.254. The first-order valence-electron chi connectivity index (χ1n) is 7.81. The third-order valence-electron chi connectivity index (χ3n) is 3.71.